The van der Waals surface area contributed by atoms with Crippen LogP contribution in [0.1, 0.15) is 33.3 Å². The lowest BCUT2D eigenvalue weighted by atomic mass is 9.99. The number of nitrogens with zero attached hydrogens (tertiary/aromatic N) is 1. The number of benzene rings is 1. The molecule has 0 aromatic heterocycles. The number of nitrogens with one attached hydrogen (secondary N) is 1. The molecule has 0 bridgehead atoms. The highest BCUT2D eigenvalue weighted by Crippen LogP contribution is 2.51. The molecule has 1 aliphatic heterocycles. The quantitative estimate of drug-likeness (QED) is 0.709. The van der Waals surface area contributed by atoms with Crippen LogP contribution in [-0.2, 0) is 16.1 Å². The van der Waals surface area contributed by atoms with Gasteiger partial charge in [0, 0.05) is 17.4 Å². The van der Waals surface area contributed by atoms with Crippen LogP contribution >= 0.6 is 27.7 Å². The number of carbonyl (C=O) groups excluding carboxylic acids is 2. The molecule has 5 nitrogen and oxygen atoms in total. The van der Waals surface area contributed by atoms with Crippen LogP contribution in [0.25, 0.3) is 0 Å². The van der Waals surface area contributed by atoms with Crippen LogP contribution in [0.15, 0.2) is 35.3 Å². The van der Waals surface area contributed by atoms with Gasteiger partial charge in [0.1, 0.15) is 11.8 Å². The Morgan fingerprint density at radius 3 is 2.42 bits per heavy atom. The highest BCUT2D eigenvalue weighted by atomic mass is 79.9. The zero-order valence-corrected chi connectivity index (χ0v) is 18.1. The summed E-state index contributed by atoms with van der Waals surface area (Å²) < 4.78 is 4.75. The molecular formula is C19H25BrN2O3S. The normalized spacial score (nSPS) is 21.0. The van der Waals surface area contributed by atoms with Crippen molar-refractivity contribution in [1.29, 1.82) is 0 Å². The molecule has 1 aromatic carbocycles. The summed E-state index contributed by atoms with van der Waals surface area (Å²) in [5.74, 6) is 0.434. The summed E-state index contributed by atoms with van der Waals surface area (Å²) in [4.78, 5) is 28.3. The summed E-state index contributed by atoms with van der Waals surface area (Å²) in [5.41, 5.74) is 0.972. The van der Waals surface area contributed by atoms with E-state index in [1.165, 1.54) is 11.1 Å². The molecule has 1 aliphatic rings. The fraction of sp³-hybridized carbons (Fsp3) is 0.474. The van der Waals surface area contributed by atoms with Gasteiger partial charge < -0.3 is 15.0 Å². The Kier molecular flexibility index (Phi) is 6.45. The van der Waals surface area contributed by atoms with Crippen LogP contribution in [-0.4, -0.2) is 39.5 Å². The van der Waals surface area contributed by atoms with Gasteiger partial charge in [-0.2, -0.15) is 0 Å². The Hall–Kier alpha value is -1.47. The number of halogens is 1. The van der Waals surface area contributed by atoms with Crippen molar-refractivity contribution in [1.82, 2.24) is 10.2 Å². The maximum Gasteiger partial charge on any atom is 0.248 e. The third-order valence-corrected chi connectivity index (χ3v) is 6.04. The van der Waals surface area contributed by atoms with Crippen LogP contribution < -0.4 is 10.1 Å². The maximum atomic E-state index is 13.0. The van der Waals surface area contributed by atoms with Crippen molar-refractivity contribution in [3.05, 3.63) is 40.9 Å². The summed E-state index contributed by atoms with van der Waals surface area (Å²) in [6.45, 7) is 8.34. The lowest BCUT2D eigenvalue weighted by Crippen LogP contribution is -2.56. The van der Waals surface area contributed by atoms with Gasteiger partial charge in [-0.3, -0.25) is 9.59 Å². The van der Waals surface area contributed by atoms with E-state index in [0.717, 1.165) is 11.3 Å². The van der Waals surface area contributed by atoms with E-state index in [2.05, 4.69) is 21.2 Å². The molecule has 142 valence electrons. The molecule has 1 fully saturated rings. The molecule has 1 unspecified atom stereocenters. The standard InChI is InChI=1S/C19H25BrN2O3S/c1-18(2)16(22(15(23)10-11-20)19(3,4)26-18)17(24)21-12-13-6-8-14(25-5)9-7-13/h6-11,16H,12H2,1-5H3,(H,21,24)/b11-10+. The fourth-order valence-electron chi connectivity index (χ4n) is 3.36. The number of methoxy groups -OCH3 is 1. The third kappa shape index (κ3) is 4.43. The second kappa shape index (κ2) is 8.05. The van der Waals surface area contributed by atoms with E-state index in [0.29, 0.717) is 6.54 Å². The van der Waals surface area contributed by atoms with Crippen LogP contribution in [0, 0.1) is 0 Å². The third-order valence-electron chi connectivity index (χ3n) is 4.33. The first-order valence-corrected chi connectivity index (χ1v) is 10.1. The minimum atomic E-state index is -0.558. The summed E-state index contributed by atoms with van der Waals surface area (Å²) in [5, 5.41) is 2.98. The Bertz CT molecular complexity index is 701. The highest BCUT2D eigenvalue weighted by molar-refractivity contribution is 9.11. The number of hydrogen-bond donors (Lipinski definition) is 1. The minimum absolute atomic E-state index is 0.153. The van der Waals surface area contributed by atoms with Crippen molar-refractivity contribution in [2.75, 3.05) is 7.11 Å². The molecule has 0 radical (unpaired) electrons. The fourth-order valence-corrected chi connectivity index (χ4v) is 5.49. The second-order valence-electron chi connectivity index (χ2n) is 7.12. The molecule has 1 aromatic rings. The Morgan fingerprint density at radius 2 is 1.88 bits per heavy atom. The number of carbonyl (C=O) groups is 2. The van der Waals surface area contributed by atoms with Gasteiger partial charge in [-0.1, -0.05) is 28.1 Å². The largest absolute Gasteiger partial charge is 0.497 e. The van der Waals surface area contributed by atoms with Gasteiger partial charge in [0.25, 0.3) is 0 Å². The molecular weight excluding hydrogens is 416 g/mol. The monoisotopic (exact) mass is 440 g/mol. The number of rotatable bonds is 5. The number of thioether (sulfide) groups is 1. The smallest absolute Gasteiger partial charge is 0.248 e. The summed E-state index contributed by atoms with van der Waals surface area (Å²) >= 11 is 4.78. The van der Waals surface area contributed by atoms with E-state index in [1.807, 2.05) is 52.0 Å². The van der Waals surface area contributed by atoms with Gasteiger partial charge in [0.05, 0.1) is 12.0 Å². The summed E-state index contributed by atoms with van der Waals surface area (Å²) in [6.07, 6.45) is 1.44. The zero-order chi connectivity index (χ0) is 19.5. The molecule has 7 heteroatoms. The van der Waals surface area contributed by atoms with Crippen LogP contribution in [0.5, 0.6) is 5.75 Å². The number of hydrogen-bond acceptors (Lipinski definition) is 4. The first kappa shape index (κ1) is 20.8. The van der Waals surface area contributed by atoms with Gasteiger partial charge in [0.15, 0.2) is 0 Å². The first-order chi connectivity index (χ1) is 12.1. The van der Waals surface area contributed by atoms with E-state index < -0.39 is 15.7 Å². The maximum absolute atomic E-state index is 13.0. The molecule has 1 heterocycles. The van der Waals surface area contributed by atoms with Crippen LogP contribution in [0.3, 0.4) is 0 Å². The number of ether oxygens (including phenoxy) is 1. The zero-order valence-electron chi connectivity index (χ0n) is 15.7. The van der Waals surface area contributed by atoms with E-state index in [1.54, 1.807) is 23.8 Å². The number of amides is 2. The molecule has 0 spiro atoms. The highest BCUT2D eigenvalue weighted by Gasteiger charge is 2.56. The Morgan fingerprint density at radius 1 is 1.27 bits per heavy atom. The molecule has 0 saturated carbocycles. The van der Waals surface area contributed by atoms with E-state index in [9.17, 15) is 9.59 Å². The lowest BCUT2D eigenvalue weighted by molar-refractivity contribution is -0.139. The van der Waals surface area contributed by atoms with E-state index in [-0.39, 0.29) is 11.8 Å². The second-order valence-corrected chi connectivity index (χ2v) is 9.91. The average molecular weight is 441 g/mol. The molecule has 1 atom stereocenters. The van der Waals surface area contributed by atoms with Crippen LogP contribution in [0.2, 0.25) is 0 Å². The van der Waals surface area contributed by atoms with Crippen molar-refractivity contribution in [2.45, 2.75) is 49.9 Å². The van der Waals surface area contributed by atoms with Gasteiger partial charge in [0.2, 0.25) is 11.8 Å². The van der Waals surface area contributed by atoms with Crippen molar-refractivity contribution in [3.63, 3.8) is 0 Å². The summed E-state index contributed by atoms with van der Waals surface area (Å²) in [7, 11) is 1.62. The summed E-state index contributed by atoms with van der Waals surface area (Å²) in [6, 6.07) is 6.98. The molecule has 1 saturated heterocycles. The predicted molar refractivity (Wildman–Crippen MR) is 109 cm³/mol. The molecule has 2 rings (SSSR count). The lowest BCUT2D eigenvalue weighted by Gasteiger charge is -2.34. The predicted octanol–water partition coefficient (Wildman–Crippen LogP) is 3.68. The minimum Gasteiger partial charge on any atom is -0.497 e. The molecule has 26 heavy (non-hydrogen) atoms. The van der Waals surface area contributed by atoms with Crippen molar-refractivity contribution >= 4 is 39.5 Å². The van der Waals surface area contributed by atoms with Crippen molar-refractivity contribution in [2.24, 2.45) is 0 Å². The molecule has 0 aliphatic carbocycles. The first-order valence-electron chi connectivity index (χ1n) is 8.33. The van der Waals surface area contributed by atoms with Gasteiger partial charge >= 0.3 is 0 Å². The van der Waals surface area contributed by atoms with Crippen molar-refractivity contribution < 1.29 is 14.3 Å². The molecule has 2 amide bonds. The van der Waals surface area contributed by atoms with Crippen LogP contribution in [0.4, 0.5) is 0 Å². The van der Waals surface area contributed by atoms with E-state index >= 15 is 0 Å². The van der Waals surface area contributed by atoms with Gasteiger partial charge in [-0.05, 0) is 50.4 Å². The topological polar surface area (TPSA) is 58.6 Å². The average Bonchev–Trinajstić information content (AvgIpc) is 2.77. The molecule has 1 N–H and O–H groups in total. The van der Waals surface area contributed by atoms with E-state index in [4.69, 9.17) is 4.74 Å². The SMILES string of the molecule is COc1ccc(CNC(=O)C2N(C(=O)/C=C/Br)C(C)(C)SC2(C)C)cc1. The van der Waals surface area contributed by atoms with Crippen molar-refractivity contribution in [3.8, 4) is 5.75 Å². The Labute approximate surface area is 167 Å². The van der Waals surface area contributed by atoms with Gasteiger partial charge in [-0.25, -0.2) is 0 Å². The Balaban J connectivity index is 2.18. The van der Waals surface area contributed by atoms with Gasteiger partial charge in [-0.15, -0.1) is 11.8 Å².